The number of esters is 1. The Labute approximate surface area is 135 Å². The second-order valence-electron chi connectivity index (χ2n) is 4.53. The van der Waals surface area contributed by atoms with E-state index in [0.29, 0.717) is 5.75 Å². The van der Waals surface area contributed by atoms with E-state index in [-0.39, 0.29) is 24.7 Å². The zero-order valence-corrected chi connectivity index (χ0v) is 13.2. The molecule has 1 N–H and O–H groups in total. The lowest BCUT2D eigenvalue weighted by molar-refractivity contribution is -0.145. The number of carbonyl (C=O) groups excluding carboxylic acids is 1. The highest BCUT2D eigenvalue weighted by molar-refractivity contribution is 7.89. The normalized spacial score (nSPS) is 11.0. The molecule has 2 aromatic carbocycles. The average molecular weight is 335 g/mol. The predicted molar refractivity (Wildman–Crippen MR) is 84.5 cm³/mol. The van der Waals surface area contributed by atoms with Gasteiger partial charge in [0.2, 0.25) is 10.0 Å². The summed E-state index contributed by atoms with van der Waals surface area (Å²) in [5.74, 6) is 0.00184. The number of para-hydroxylation sites is 1. The molecule has 0 atom stereocenters. The highest BCUT2D eigenvalue weighted by Gasteiger charge is 2.12. The van der Waals surface area contributed by atoms with E-state index in [1.807, 2.05) is 6.07 Å². The predicted octanol–water partition coefficient (Wildman–Crippen LogP) is 1.59. The van der Waals surface area contributed by atoms with Crippen LogP contribution in [0.4, 0.5) is 0 Å². The molecule has 0 bridgehead atoms. The van der Waals surface area contributed by atoms with E-state index in [0.717, 1.165) is 0 Å². The first-order chi connectivity index (χ1) is 11.1. The quantitative estimate of drug-likeness (QED) is 0.585. The van der Waals surface area contributed by atoms with Gasteiger partial charge in [-0.15, -0.1) is 0 Å². The maximum absolute atomic E-state index is 11.9. The van der Waals surface area contributed by atoms with Gasteiger partial charge < -0.3 is 9.47 Å². The highest BCUT2D eigenvalue weighted by Crippen LogP contribution is 2.08. The molecule has 122 valence electrons. The van der Waals surface area contributed by atoms with Crippen molar-refractivity contribution in [2.24, 2.45) is 0 Å². The fourth-order valence-corrected chi connectivity index (χ4v) is 2.76. The Morgan fingerprint density at radius 2 is 1.57 bits per heavy atom. The third kappa shape index (κ3) is 5.72. The number of sulfonamides is 1. The molecule has 0 aromatic heterocycles. The summed E-state index contributed by atoms with van der Waals surface area (Å²) in [6.45, 7) is -0.299. The van der Waals surface area contributed by atoms with Crippen molar-refractivity contribution in [3.05, 3.63) is 60.7 Å². The first-order valence-corrected chi connectivity index (χ1v) is 8.44. The van der Waals surface area contributed by atoms with Crippen LogP contribution >= 0.6 is 0 Å². The Kier molecular flexibility index (Phi) is 6.13. The second kappa shape index (κ2) is 8.30. The Bertz CT molecular complexity index is 717. The Morgan fingerprint density at radius 3 is 2.22 bits per heavy atom. The molecule has 0 aliphatic heterocycles. The monoisotopic (exact) mass is 335 g/mol. The van der Waals surface area contributed by atoms with Gasteiger partial charge in [0.15, 0.2) is 6.61 Å². The number of carbonyl (C=O) groups is 1. The summed E-state index contributed by atoms with van der Waals surface area (Å²) in [5, 5.41) is 0. The molecule has 7 heteroatoms. The Balaban J connectivity index is 1.68. The topological polar surface area (TPSA) is 81.7 Å². The van der Waals surface area contributed by atoms with E-state index in [9.17, 15) is 13.2 Å². The van der Waals surface area contributed by atoms with Gasteiger partial charge in [-0.2, -0.15) is 0 Å². The van der Waals surface area contributed by atoms with Gasteiger partial charge in [0.25, 0.3) is 0 Å². The number of hydrogen-bond acceptors (Lipinski definition) is 5. The molecule has 0 aliphatic rings. The lowest BCUT2D eigenvalue weighted by Gasteiger charge is -2.08. The number of ether oxygens (including phenoxy) is 2. The minimum Gasteiger partial charge on any atom is -0.482 e. The maximum Gasteiger partial charge on any atom is 0.344 e. The number of nitrogens with one attached hydrogen (secondary N) is 1. The second-order valence-corrected chi connectivity index (χ2v) is 6.30. The van der Waals surface area contributed by atoms with Crippen molar-refractivity contribution in [2.75, 3.05) is 19.8 Å². The van der Waals surface area contributed by atoms with E-state index in [2.05, 4.69) is 4.72 Å². The van der Waals surface area contributed by atoms with Crippen LogP contribution in [-0.2, 0) is 19.6 Å². The largest absolute Gasteiger partial charge is 0.482 e. The van der Waals surface area contributed by atoms with Gasteiger partial charge in [0, 0.05) is 6.54 Å². The molecule has 2 aromatic rings. The van der Waals surface area contributed by atoms with Crippen LogP contribution in [0, 0.1) is 0 Å². The minimum atomic E-state index is -3.59. The molecule has 6 nitrogen and oxygen atoms in total. The summed E-state index contributed by atoms with van der Waals surface area (Å²) in [7, 11) is -3.59. The molecule has 0 saturated carbocycles. The molecule has 23 heavy (non-hydrogen) atoms. The van der Waals surface area contributed by atoms with Gasteiger partial charge >= 0.3 is 5.97 Å². The lowest BCUT2D eigenvalue weighted by Crippen LogP contribution is -2.29. The zero-order chi connectivity index (χ0) is 16.5. The van der Waals surface area contributed by atoms with Crippen LogP contribution in [0.15, 0.2) is 65.6 Å². The van der Waals surface area contributed by atoms with Crippen molar-refractivity contribution in [1.29, 1.82) is 0 Å². The third-order valence-electron chi connectivity index (χ3n) is 2.81. The van der Waals surface area contributed by atoms with Gasteiger partial charge in [0.05, 0.1) is 4.90 Å². The van der Waals surface area contributed by atoms with Crippen molar-refractivity contribution in [2.45, 2.75) is 4.90 Å². The van der Waals surface area contributed by atoms with E-state index in [1.54, 1.807) is 42.5 Å². The van der Waals surface area contributed by atoms with E-state index < -0.39 is 16.0 Å². The minimum absolute atomic E-state index is 0.00565. The molecular weight excluding hydrogens is 318 g/mol. The van der Waals surface area contributed by atoms with Crippen LogP contribution in [-0.4, -0.2) is 34.1 Å². The molecule has 0 spiro atoms. The Hall–Kier alpha value is -2.38. The molecule has 0 amide bonds. The third-order valence-corrected chi connectivity index (χ3v) is 4.29. The van der Waals surface area contributed by atoms with E-state index in [4.69, 9.17) is 9.47 Å². The number of hydrogen-bond donors (Lipinski definition) is 1. The van der Waals surface area contributed by atoms with Crippen LogP contribution in [0.1, 0.15) is 0 Å². The summed E-state index contributed by atoms with van der Waals surface area (Å²) < 4.78 is 36.3. The Morgan fingerprint density at radius 1 is 0.957 bits per heavy atom. The van der Waals surface area contributed by atoms with E-state index >= 15 is 0 Å². The molecule has 0 heterocycles. The van der Waals surface area contributed by atoms with Gasteiger partial charge in [-0.25, -0.2) is 17.9 Å². The van der Waals surface area contributed by atoms with Gasteiger partial charge in [-0.3, -0.25) is 0 Å². The summed E-state index contributed by atoms with van der Waals surface area (Å²) in [6, 6.07) is 16.8. The summed E-state index contributed by atoms with van der Waals surface area (Å²) in [6.07, 6.45) is 0. The molecule has 0 fully saturated rings. The standard InChI is InChI=1S/C16H17NO5S/c18-16(13-22-14-7-3-1-4-8-14)21-12-11-17-23(19,20)15-9-5-2-6-10-15/h1-10,17H,11-13H2. The maximum atomic E-state index is 11.9. The van der Waals surface area contributed by atoms with Crippen LogP contribution in [0.2, 0.25) is 0 Å². The molecule has 2 rings (SSSR count). The van der Waals surface area contributed by atoms with Crippen molar-refractivity contribution in [3.63, 3.8) is 0 Å². The fourth-order valence-electron chi connectivity index (χ4n) is 1.72. The smallest absolute Gasteiger partial charge is 0.344 e. The van der Waals surface area contributed by atoms with Crippen LogP contribution in [0.5, 0.6) is 5.75 Å². The lowest BCUT2D eigenvalue weighted by atomic mass is 10.3. The van der Waals surface area contributed by atoms with E-state index in [1.165, 1.54) is 12.1 Å². The molecule has 0 radical (unpaired) electrons. The molecule has 0 unspecified atom stereocenters. The zero-order valence-electron chi connectivity index (χ0n) is 12.3. The SMILES string of the molecule is O=C(COc1ccccc1)OCCNS(=O)(=O)c1ccccc1. The highest BCUT2D eigenvalue weighted by atomic mass is 32.2. The van der Waals surface area contributed by atoms with Crippen molar-refractivity contribution in [3.8, 4) is 5.75 Å². The van der Waals surface area contributed by atoms with Crippen molar-refractivity contribution in [1.82, 2.24) is 4.72 Å². The summed E-state index contributed by atoms with van der Waals surface area (Å²) in [4.78, 5) is 11.7. The number of rotatable bonds is 8. The van der Waals surface area contributed by atoms with Gasteiger partial charge in [-0.05, 0) is 24.3 Å². The molecular formula is C16H17NO5S. The van der Waals surface area contributed by atoms with Gasteiger partial charge in [0.1, 0.15) is 12.4 Å². The molecule has 0 saturated heterocycles. The number of benzene rings is 2. The average Bonchev–Trinajstić information content (AvgIpc) is 2.59. The summed E-state index contributed by atoms with van der Waals surface area (Å²) >= 11 is 0. The van der Waals surface area contributed by atoms with Gasteiger partial charge in [-0.1, -0.05) is 36.4 Å². The first kappa shape index (κ1) is 17.0. The fraction of sp³-hybridized carbons (Fsp3) is 0.188. The summed E-state index contributed by atoms with van der Waals surface area (Å²) in [5.41, 5.74) is 0. The van der Waals surface area contributed by atoms with Crippen LogP contribution in [0.3, 0.4) is 0 Å². The van der Waals surface area contributed by atoms with Crippen LogP contribution in [0.25, 0.3) is 0 Å². The first-order valence-electron chi connectivity index (χ1n) is 6.96. The van der Waals surface area contributed by atoms with Crippen molar-refractivity contribution < 1.29 is 22.7 Å². The molecule has 0 aliphatic carbocycles. The van der Waals surface area contributed by atoms with Crippen LogP contribution < -0.4 is 9.46 Å². The van der Waals surface area contributed by atoms with Crippen molar-refractivity contribution >= 4 is 16.0 Å².